The first-order valence-electron chi connectivity index (χ1n) is 9.78. The van der Waals surface area contributed by atoms with Crippen LogP contribution in [-0.4, -0.2) is 64.1 Å². The first-order valence-corrected chi connectivity index (χ1v) is 10.6. The van der Waals surface area contributed by atoms with Crippen LogP contribution in [0.4, 0.5) is 4.79 Å². The van der Waals surface area contributed by atoms with Crippen molar-refractivity contribution in [2.75, 3.05) is 26.7 Å². The highest BCUT2D eigenvalue weighted by Gasteiger charge is 2.33. The third-order valence-electron chi connectivity index (χ3n) is 5.56. The highest BCUT2D eigenvalue weighted by atomic mass is 32.1. The van der Waals surface area contributed by atoms with Crippen LogP contribution in [0.15, 0.2) is 6.07 Å². The maximum atomic E-state index is 12.6. The van der Waals surface area contributed by atoms with E-state index in [9.17, 15) is 14.4 Å². The molecule has 0 radical (unpaired) electrons. The molecule has 0 aromatic carbocycles. The fourth-order valence-electron chi connectivity index (χ4n) is 4.01. The predicted molar refractivity (Wildman–Crippen MR) is 107 cm³/mol. The molecule has 150 valence electrons. The standard InChI is InChI=1S/C19H25N5O3S/c1-12-14-10-15(28-18(14)24(21-12)13-6-4-3-5-7-13)17(26)20-8-9-23-16(25)11-22(2)19(23)27/h10,13H,3-9,11H2,1-2H3,(H,20,26). The number of fused-ring (bicyclic) bond motifs is 1. The average molecular weight is 404 g/mol. The normalized spacial score (nSPS) is 18.5. The number of carbonyl (C=O) groups is 3. The zero-order chi connectivity index (χ0) is 19.8. The molecule has 0 unspecified atom stereocenters. The minimum absolute atomic E-state index is 0.0973. The summed E-state index contributed by atoms with van der Waals surface area (Å²) in [4.78, 5) is 40.5. The largest absolute Gasteiger partial charge is 0.350 e. The monoisotopic (exact) mass is 403 g/mol. The van der Waals surface area contributed by atoms with Gasteiger partial charge in [-0.25, -0.2) is 4.79 Å². The lowest BCUT2D eigenvalue weighted by molar-refractivity contribution is -0.125. The third-order valence-corrected chi connectivity index (χ3v) is 6.69. The smallest absolute Gasteiger partial charge is 0.327 e. The van der Waals surface area contributed by atoms with Gasteiger partial charge in [0.15, 0.2) is 0 Å². The number of hydrogen-bond donors (Lipinski definition) is 1. The van der Waals surface area contributed by atoms with Crippen molar-refractivity contribution in [3.8, 4) is 0 Å². The first kappa shape index (κ1) is 18.9. The van der Waals surface area contributed by atoms with Gasteiger partial charge in [-0.15, -0.1) is 11.3 Å². The van der Waals surface area contributed by atoms with Gasteiger partial charge in [-0.2, -0.15) is 5.10 Å². The lowest BCUT2D eigenvalue weighted by Gasteiger charge is -2.22. The molecule has 2 aromatic rings. The molecule has 2 aromatic heterocycles. The third kappa shape index (κ3) is 3.39. The van der Waals surface area contributed by atoms with Gasteiger partial charge < -0.3 is 10.2 Å². The van der Waals surface area contributed by atoms with Gasteiger partial charge in [0.1, 0.15) is 11.4 Å². The average Bonchev–Trinajstić information content (AvgIpc) is 3.32. The van der Waals surface area contributed by atoms with Gasteiger partial charge in [0.2, 0.25) is 5.91 Å². The Balaban J connectivity index is 1.43. The Labute approximate surface area is 167 Å². The van der Waals surface area contributed by atoms with Gasteiger partial charge in [0, 0.05) is 25.5 Å². The minimum atomic E-state index is -0.315. The summed E-state index contributed by atoms with van der Waals surface area (Å²) in [5.41, 5.74) is 0.951. The molecule has 1 N–H and O–H groups in total. The van der Waals surface area contributed by atoms with E-state index >= 15 is 0 Å². The van der Waals surface area contributed by atoms with Crippen LogP contribution in [-0.2, 0) is 4.79 Å². The van der Waals surface area contributed by atoms with Gasteiger partial charge in [-0.3, -0.25) is 19.2 Å². The van der Waals surface area contributed by atoms with E-state index in [1.165, 1.54) is 40.4 Å². The Bertz CT molecular complexity index is 928. The van der Waals surface area contributed by atoms with Gasteiger partial charge in [0.25, 0.3) is 5.91 Å². The van der Waals surface area contributed by atoms with Gasteiger partial charge in [0.05, 0.1) is 16.6 Å². The fraction of sp³-hybridized carbons (Fsp3) is 0.579. The van der Waals surface area contributed by atoms with E-state index in [1.807, 2.05) is 13.0 Å². The summed E-state index contributed by atoms with van der Waals surface area (Å²) < 4.78 is 2.11. The van der Waals surface area contributed by atoms with E-state index in [0.29, 0.717) is 10.9 Å². The first-order chi connectivity index (χ1) is 13.5. The van der Waals surface area contributed by atoms with Crippen molar-refractivity contribution in [2.24, 2.45) is 0 Å². The molecule has 28 heavy (non-hydrogen) atoms. The number of imide groups is 1. The molecule has 3 heterocycles. The van der Waals surface area contributed by atoms with Crippen molar-refractivity contribution in [1.29, 1.82) is 0 Å². The highest BCUT2D eigenvalue weighted by Crippen LogP contribution is 2.35. The van der Waals surface area contributed by atoms with Crippen LogP contribution in [0.2, 0.25) is 0 Å². The van der Waals surface area contributed by atoms with Crippen molar-refractivity contribution in [2.45, 2.75) is 45.1 Å². The highest BCUT2D eigenvalue weighted by molar-refractivity contribution is 7.20. The van der Waals surface area contributed by atoms with Crippen molar-refractivity contribution in [1.82, 2.24) is 24.9 Å². The summed E-state index contributed by atoms with van der Waals surface area (Å²) >= 11 is 1.46. The van der Waals surface area contributed by atoms with Crippen LogP contribution in [0.25, 0.3) is 10.2 Å². The molecule has 9 heteroatoms. The van der Waals surface area contributed by atoms with Crippen LogP contribution < -0.4 is 5.32 Å². The zero-order valence-electron chi connectivity index (χ0n) is 16.2. The van der Waals surface area contributed by atoms with Crippen LogP contribution in [0, 0.1) is 6.92 Å². The van der Waals surface area contributed by atoms with E-state index in [-0.39, 0.29) is 37.5 Å². The minimum Gasteiger partial charge on any atom is -0.350 e. The quantitative estimate of drug-likeness (QED) is 0.777. The second-order valence-corrected chi connectivity index (χ2v) is 8.62. The van der Waals surface area contributed by atoms with E-state index in [0.717, 1.165) is 28.8 Å². The Kier molecular flexibility index (Phi) is 5.09. The number of rotatable bonds is 5. The van der Waals surface area contributed by atoms with Gasteiger partial charge in [-0.1, -0.05) is 19.3 Å². The van der Waals surface area contributed by atoms with Gasteiger partial charge in [-0.05, 0) is 25.8 Å². The number of likely N-dealkylation sites (N-methyl/N-ethyl adjacent to an activating group) is 1. The van der Waals surface area contributed by atoms with Crippen LogP contribution in [0.1, 0.15) is 53.5 Å². The molecule has 0 spiro atoms. The molecule has 1 saturated carbocycles. The number of thiophene rings is 1. The molecule has 1 saturated heterocycles. The maximum Gasteiger partial charge on any atom is 0.327 e. The number of urea groups is 1. The van der Waals surface area contributed by atoms with Crippen LogP contribution >= 0.6 is 11.3 Å². The lowest BCUT2D eigenvalue weighted by Crippen LogP contribution is -2.38. The summed E-state index contributed by atoms with van der Waals surface area (Å²) in [6.45, 7) is 2.51. The molecule has 4 amide bonds. The van der Waals surface area contributed by atoms with Crippen LogP contribution in [0.3, 0.4) is 0 Å². The molecular weight excluding hydrogens is 378 g/mol. The topological polar surface area (TPSA) is 87.5 Å². The number of carbonyl (C=O) groups excluding carboxylic acids is 3. The number of hydrogen-bond acceptors (Lipinski definition) is 5. The SMILES string of the molecule is Cc1nn(C2CCCCC2)c2sc(C(=O)NCCN3C(=O)CN(C)C3=O)cc12. The molecule has 0 atom stereocenters. The van der Waals surface area contributed by atoms with E-state index in [1.54, 1.807) is 7.05 Å². The van der Waals surface area contributed by atoms with Crippen LogP contribution in [0.5, 0.6) is 0 Å². The molecule has 0 bridgehead atoms. The lowest BCUT2D eigenvalue weighted by atomic mass is 9.96. The number of aryl methyl sites for hydroxylation is 1. The fourth-order valence-corrected chi connectivity index (χ4v) is 5.16. The number of aromatic nitrogens is 2. The Morgan fingerprint density at radius 3 is 2.71 bits per heavy atom. The Hall–Kier alpha value is -2.42. The molecule has 1 aliphatic heterocycles. The van der Waals surface area contributed by atoms with E-state index in [4.69, 9.17) is 5.10 Å². The molecule has 4 rings (SSSR count). The van der Waals surface area contributed by atoms with Crippen molar-refractivity contribution >= 4 is 39.4 Å². The van der Waals surface area contributed by atoms with Crippen molar-refractivity contribution < 1.29 is 14.4 Å². The summed E-state index contributed by atoms with van der Waals surface area (Å²) in [5, 5.41) is 8.58. The van der Waals surface area contributed by atoms with E-state index in [2.05, 4.69) is 10.00 Å². The molecule has 2 aliphatic rings. The summed E-state index contributed by atoms with van der Waals surface area (Å²) in [6.07, 6.45) is 6.03. The number of nitrogens with zero attached hydrogens (tertiary/aromatic N) is 4. The van der Waals surface area contributed by atoms with Crippen molar-refractivity contribution in [3.05, 3.63) is 16.6 Å². The molecule has 1 aliphatic carbocycles. The molecule has 2 fully saturated rings. The second kappa shape index (κ2) is 7.54. The number of nitrogens with one attached hydrogen (secondary N) is 1. The molecular formula is C19H25N5O3S. The number of amides is 4. The van der Waals surface area contributed by atoms with Crippen molar-refractivity contribution in [3.63, 3.8) is 0 Å². The second-order valence-electron chi connectivity index (χ2n) is 7.59. The predicted octanol–water partition coefficient (Wildman–Crippen LogP) is 2.54. The Morgan fingerprint density at radius 1 is 1.29 bits per heavy atom. The summed E-state index contributed by atoms with van der Waals surface area (Å²) in [6, 6.07) is 2.00. The zero-order valence-corrected chi connectivity index (χ0v) is 17.0. The summed E-state index contributed by atoms with van der Waals surface area (Å²) in [7, 11) is 1.59. The maximum absolute atomic E-state index is 12.6. The Morgan fingerprint density at radius 2 is 2.04 bits per heavy atom. The summed E-state index contributed by atoms with van der Waals surface area (Å²) in [5.74, 6) is -0.407. The molecule has 8 nitrogen and oxygen atoms in total. The van der Waals surface area contributed by atoms with Gasteiger partial charge >= 0.3 is 6.03 Å². The van der Waals surface area contributed by atoms with E-state index < -0.39 is 0 Å².